The summed E-state index contributed by atoms with van der Waals surface area (Å²) in [6.45, 7) is 0. The van der Waals surface area contributed by atoms with Crippen LogP contribution in [0.25, 0.3) is 0 Å². The van der Waals surface area contributed by atoms with Crippen molar-refractivity contribution in [2.24, 2.45) is 0 Å². The minimum Gasteiger partial charge on any atom is 1.00 e. The molecule has 18 heteroatoms. The quantitative estimate of drug-likeness (QED) is 0.235. The van der Waals surface area contributed by atoms with E-state index in [9.17, 15) is 0 Å². The first-order chi connectivity index (χ1) is 11.9. The van der Waals surface area contributed by atoms with Crippen LogP contribution in [-0.4, -0.2) is 0 Å². The van der Waals surface area contributed by atoms with E-state index in [0.29, 0.717) is 0 Å². The van der Waals surface area contributed by atoms with Gasteiger partial charge < -0.3 is 0 Å². The zero-order valence-electron chi connectivity index (χ0n) is 15.4. The molecule has 0 unspecified atom stereocenters. The summed E-state index contributed by atoms with van der Waals surface area (Å²) in [6.07, 6.45) is 0. The fourth-order valence-electron chi connectivity index (χ4n) is 0.530. The van der Waals surface area contributed by atoms with Gasteiger partial charge in [-0.1, -0.05) is 0 Å². The third-order valence-corrected chi connectivity index (χ3v) is 9.78. The molecule has 0 rings (SSSR count). The van der Waals surface area contributed by atoms with Crippen LogP contribution in [0.5, 0.6) is 0 Å². The van der Waals surface area contributed by atoms with Gasteiger partial charge >= 0.3 is 315 Å². The van der Waals surface area contributed by atoms with Crippen molar-refractivity contribution in [2.75, 3.05) is 0 Å². The van der Waals surface area contributed by atoms with Gasteiger partial charge in [0, 0.05) is 0 Å². The molecule has 0 aromatic carbocycles. The van der Waals surface area contributed by atoms with E-state index in [1.165, 1.54) is 0 Å². The number of nitriles is 12. The summed E-state index contributed by atoms with van der Waals surface area (Å²) in [7, 11) is -12.3. The van der Waals surface area contributed by atoms with Crippen LogP contribution in [-0.2, 0) is 38.5 Å². The molecular formula is C12Fe3K3N12. The van der Waals surface area contributed by atoms with E-state index in [4.69, 9.17) is 63.1 Å². The molecule has 0 amide bonds. The van der Waals surface area contributed by atoms with E-state index in [1.807, 2.05) is 0 Å². The third kappa shape index (κ3) is 5.82. The van der Waals surface area contributed by atoms with E-state index in [2.05, 4.69) is 0 Å². The molecule has 0 atom stereocenters. The monoisotopic (exact) mass is 597 g/mol. The van der Waals surface area contributed by atoms with Crippen LogP contribution < -0.4 is 154 Å². The molecule has 0 aromatic heterocycles. The van der Waals surface area contributed by atoms with Gasteiger partial charge in [0.1, 0.15) is 0 Å². The van der Waals surface area contributed by atoms with Crippen molar-refractivity contribution < 1.29 is 193 Å². The summed E-state index contributed by atoms with van der Waals surface area (Å²) in [4.78, 5) is 12.4. The van der Waals surface area contributed by atoms with Gasteiger partial charge in [-0.25, -0.2) is 0 Å². The Kier molecular flexibility index (Phi) is 19.3. The molecule has 0 aliphatic carbocycles. The Labute approximate surface area is 307 Å². The van der Waals surface area contributed by atoms with Gasteiger partial charge in [0.25, 0.3) is 0 Å². The molecule has 0 aliphatic rings. The Morgan fingerprint density at radius 3 is 0.333 bits per heavy atom. The molecule has 0 saturated carbocycles. The Morgan fingerprint density at radius 1 is 0.267 bits per heavy atom. The number of rotatable bonds is 0. The molecule has 0 spiro atoms. The minimum atomic E-state index is -6.17. The van der Waals surface area contributed by atoms with Crippen LogP contribution in [0.15, 0.2) is 0 Å². The molecular weight excluding hydrogens is 597 g/mol. The van der Waals surface area contributed by atoms with E-state index in [-0.39, 0.29) is 171 Å². The van der Waals surface area contributed by atoms with Crippen molar-refractivity contribution in [3.05, 3.63) is 0 Å². The van der Waals surface area contributed by atoms with E-state index < -0.39 is 21.5 Å². The molecule has 0 heterocycles. The fourth-order valence-corrected chi connectivity index (χ4v) is 2.19. The van der Waals surface area contributed by atoms with Gasteiger partial charge in [0.2, 0.25) is 0 Å². The standard InChI is InChI=1S/12CN.3Fe.3K/c12*1-2;;;;;;/q;;;;;;;;;;;;2*-3;+3;3*+1. The first-order valence-electron chi connectivity index (χ1n) is 4.80. The third-order valence-electron chi connectivity index (χ3n) is 2.37. The maximum Gasteiger partial charge on any atom is 3.00 e. The first-order valence-corrected chi connectivity index (χ1v) is 11.4. The fraction of sp³-hybridized carbons (Fsp3) is 0. The molecule has 135 valence electrons. The maximum atomic E-state index is 8.58. The minimum absolute atomic E-state index is 0. The topological polar surface area (TPSA) is 285 Å². The first kappa shape index (κ1) is 44.1. The zero-order chi connectivity index (χ0) is 21.3. The van der Waals surface area contributed by atoms with Crippen molar-refractivity contribution in [3.8, 4) is 59.6 Å². The average molecular weight is 597 g/mol. The van der Waals surface area contributed by atoms with Gasteiger partial charge in [-0.3, -0.25) is 0 Å². The van der Waals surface area contributed by atoms with Gasteiger partial charge in [0.15, 0.2) is 0 Å². The van der Waals surface area contributed by atoms with Crippen molar-refractivity contribution in [3.63, 3.8) is 0 Å². The van der Waals surface area contributed by atoms with Crippen LogP contribution in [0.1, 0.15) is 0 Å². The summed E-state index contributed by atoms with van der Waals surface area (Å²) in [5, 5.41) is 103. The largest absolute Gasteiger partial charge is 3.00 e. The van der Waals surface area contributed by atoms with Crippen molar-refractivity contribution >= 4 is 0 Å². The zero-order valence-corrected chi connectivity index (χ0v) is 28.1. The summed E-state index contributed by atoms with van der Waals surface area (Å²) in [5.74, 6) is 0. The van der Waals surface area contributed by atoms with Crippen LogP contribution in [0, 0.1) is 123 Å². The van der Waals surface area contributed by atoms with Crippen LogP contribution in [0.4, 0.5) is 0 Å². The molecule has 30 heavy (non-hydrogen) atoms. The Balaban J connectivity index is -0.0000000847. The molecule has 1 radical (unpaired) electrons. The summed E-state index contributed by atoms with van der Waals surface area (Å²) in [5.41, 5.74) is 0. The van der Waals surface area contributed by atoms with Gasteiger partial charge in [-0.2, -0.15) is 0 Å². The maximum absolute atomic E-state index is 8.58. The van der Waals surface area contributed by atoms with Crippen LogP contribution >= 0.6 is 0 Å². The SMILES string of the molecule is N#[C][Fe-3]([C]#N)([C]#N)([C]#N)([C]#N)[C]#N.N#[C][Fe-3]([C]#N)([C]#N)([C]#N)([C]#N)[C]#N.[Fe+3].[K+].[K+].[K+]. The number of nitrogens with zero attached hydrogens (tertiary/aromatic N) is 12. The second-order valence-electron chi connectivity index (χ2n) is 3.60. The molecule has 0 fully saturated rings. The molecule has 0 saturated heterocycles. The van der Waals surface area contributed by atoms with E-state index >= 15 is 0 Å². The number of hydrogen-bond acceptors (Lipinski definition) is 12. The predicted molar refractivity (Wildman–Crippen MR) is 67.4 cm³/mol. The second kappa shape index (κ2) is 13.2. The van der Waals surface area contributed by atoms with Crippen molar-refractivity contribution in [2.45, 2.75) is 0 Å². The summed E-state index contributed by atoms with van der Waals surface area (Å²) in [6, 6.07) is 0. The van der Waals surface area contributed by atoms with E-state index in [1.54, 1.807) is 0 Å². The molecule has 0 aliphatic heterocycles. The molecule has 12 nitrogen and oxygen atoms in total. The Morgan fingerprint density at radius 2 is 0.333 bits per heavy atom. The number of hydrogen-bond donors (Lipinski definition) is 0. The Hall–Kier alpha value is 0.348. The normalized spacial score (nSPS) is 11.6. The van der Waals surface area contributed by atoms with Gasteiger partial charge in [-0.05, 0) is 0 Å². The van der Waals surface area contributed by atoms with Crippen molar-refractivity contribution in [1.29, 1.82) is 63.1 Å². The summed E-state index contributed by atoms with van der Waals surface area (Å²) < 4.78 is 0. The van der Waals surface area contributed by atoms with Gasteiger partial charge in [0.05, 0.1) is 0 Å². The van der Waals surface area contributed by atoms with E-state index in [0.717, 1.165) is 59.6 Å². The van der Waals surface area contributed by atoms with Crippen molar-refractivity contribution in [1.82, 2.24) is 0 Å². The summed E-state index contributed by atoms with van der Waals surface area (Å²) >= 11 is 0. The molecule has 0 bridgehead atoms. The van der Waals surface area contributed by atoms with Gasteiger partial charge in [-0.15, -0.1) is 0 Å². The predicted octanol–water partition coefficient (Wildman–Crippen LogP) is -8.79. The smallest absolute Gasteiger partial charge is 1.00 e. The Bertz CT molecular complexity index is 893. The van der Waals surface area contributed by atoms with Crippen LogP contribution in [0.3, 0.4) is 0 Å². The molecule has 0 N–H and O–H groups in total. The average Bonchev–Trinajstić information content (AvgIpc) is 2.77. The second-order valence-corrected chi connectivity index (χ2v) is 14.8. The molecule has 0 aromatic rings. The van der Waals surface area contributed by atoms with Crippen LogP contribution in [0.2, 0.25) is 0 Å².